The number of methoxy groups -OCH3 is 1. The van der Waals surface area contributed by atoms with E-state index >= 15 is 0 Å². The Morgan fingerprint density at radius 2 is 2.22 bits per heavy atom. The van der Waals surface area contributed by atoms with Gasteiger partial charge in [-0.15, -0.1) is 0 Å². The highest BCUT2D eigenvalue weighted by Gasteiger charge is 2.10. The second-order valence-corrected chi connectivity index (χ2v) is 4.36. The summed E-state index contributed by atoms with van der Waals surface area (Å²) in [6.45, 7) is 0.113. The van der Waals surface area contributed by atoms with Gasteiger partial charge in [-0.05, 0) is 18.2 Å². The first-order valence-corrected chi connectivity index (χ1v) is 6.00. The molecule has 1 aromatic carbocycles. The average molecular weight is 267 g/mol. The normalized spacial score (nSPS) is 10.7. The van der Waals surface area contributed by atoms with E-state index in [1.54, 1.807) is 13.3 Å². The molecule has 0 amide bonds. The minimum atomic E-state index is 0.113. The Hall–Kier alpha value is -1.52. The molecule has 0 fully saturated rings. The van der Waals surface area contributed by atoms with E-state index in [-0.39, 0.29) is 6.61 Å². The predicted octanol–water partition coefficient (Wildman–Crippen LogP) is 2.28. The highest BCUT2D eigenvalue weighted by Crippen LogP contribution is 2.29. The summed E-state index contributed by atoms with van der Waals surface area (Å²) in [5.41, 5.74) is 1.91. The van der Waals surface area contributed by atoms with Crippen LogP contribution in [-0.2, 0) is 13.5 Å². The van der Waals surface area contributed by atoms with Crippen LogP contribution < -0.4 is 4.74 Å². The number of benzene rings is 1. The van der Waals surface area contributed by atoms with Crippen LogP contribution in [0.5, 0.6) is 5.75 Å². The van der Waals surface area contributed by atoms with Crippen LogP contribution in [0, 0.1) is 0 Å². The van der Waals surface area contributed by atoms with Crippen molar-refractivity contribution in [2.45, 2.75) is 6.42 Å². The van der Waals surface area contributed by atoms with Gasteiger partial charge in [-0.3, -0.25) is 0 Å². The SMILES string of the molecule is COc1ccc(-c2ncc(CCO)n2C)cc1Cl. The van der Waals surface area contributed by atoms with Crippen molar-refractivity contribution in [3.63, 3.8) is 0 Å². The first-order valence-electron chi connectivity index (χ1n) is 5.62. The zero-order valence-electron chi connectivity index (χ0n) is 10.4. The molecular weight excluding hydrogens is 252 g/mol. The fraction of sp³-hybridized carbons (Fsp3) is 0.308. The van der Waals surface area contributed by atoms with Crippen molar-refractivity contribution in [2.75, 3.05) is 13.7 Å². The minimum Gasteiger partial charge on any atom is -0.495 e. The molecule has 96 valence electrons. The lowest BCUT2D eigenvalue weighted by atomic mass is 10.2. The van der Waals surface area contributed by atoms with Crippen LogP contribution in [0.25, 0.3) is 11.4 Å². The monoisotopic (exact) mass is 266 g/mol. The standard InChI is InChI=1S/C13H15ClN2O2/c1-16-10(5-6-17)8-15-13(16)9-3-4-12(18-2)11(14)7-9/h3-4,7-8,17H,5-6H2,1-2H3. The molecule has 0 radical (unpaired) electrons. The molecule has 0 spiro atoms. The highest BCUT2D eigenvalue weighted by atomic mass is 35.5. The van der Waals surface area contributed by atoms with Crippen molar-refractivity contribution in [2.24, 2.45) is 7.05 Å². The largest absolute Gasteiger partial charge is 0.495 e. The van der Waals surface area contributed by atoms with E-state index in [0.29, 0.717) is 17.2 Å². The second kappa shape index (κ2) is 5.42. The van der Waals surface area contributed by atoms with Gasteiger partial charge in [-0.2, -0.15) is 0 Å². The summed E-state index contributed by atoms with van der Waals surface area (Å²) in [5, 5.41) is 9.51. The lowest BCUT2D eigenvalue weighted by Gasteiger charge is -2.07. The van der Waals surface area contributed by atoms with Crippen LogP contribution in [0.1, 0.15) is 5.69 Å². The smallest absolute Gasteiger partial charge is 0.139 e. The van der Waals surface area contributed by atoms with Gasteiger partial charge in [0.25, 0.3) is 0 Å². The number of rotatable bonds is 4. The Bertz CT molecular complexity index is 552. The van der Waals surface area contributed by atoms with Gasteiger partial charge in [0.1, 0.15) is 11.6 Å². The number of aromatic nitrogens is 2. The lowest BCUT2D eigenvalue weighted by molar-refractivity contribution is 0.297. The summed E-state index contributed by atoms with van der Waals surface area (Å²) >= 11 is 6.10. The zero-order valence-corrected chi connectivity index (χ0v) is 11.1. The van der Waals surface area contributed by atoms with Crippen LogP contribution in [-0.4, -0.2) is 28.4 Å². The second-order valence-electron chi connectivity index (χ2n) is 3.96. The van der Waals surface area contributed by atoms with E-state index in [1.807, 2.05) is 29.8 Å². The van der Waals surface area contributed by atoms with Gasteiger partial charge in [0.15, 0.2) is 0 Å². The molecule has 0 unspecified atom stereocenters. The quantitative estimate of drug-likeness (QED) is 0.924. The number of halogens is 1. The fourth-order valence-electron chi connectivity index (χ4n) is 1.87. The molecule has 1 aromatic heterocycles. The van der Waals surface area contributed by atoms with Crippen molar-refractivity contribution in [1.82, 2.24) is 9.55 Å². The molecule has 2 aromatic rings. The summed E-state index contributed by atoms with van der Waals surface area (Å²) < 4.78 is 7.07. The van der Waals surface area contributed by atoms with Gasteiger partial charge >= 0.3 is 0 Å². The molecule has 4 nitrogen and oxygen atoms in total. The van der Waals surface area contributed by atoms with Crippen LogP contribution in [0.2, 0.25) is 5.02 Å². The van der Waals surface area contributed by atoms with E-state index in [4.69, 9.17) is 21.4 Å². The molecule has 0 aliphatic rings. The Morgan fingerprint density at radius 3 is 2.83 bits per heavy atom. The molecule has 18 heavy (non-hydrogen) atoms. The lowest BCUT2D eigenvalue weighted by Crippen LogP contribution is -2.01. The Labute approximate surface area is 111 Å². The van der Waals surface area contributed by atoms with Gasteiger partial charge < -0.3 is 14.4 Å². The van der Waals surface area contributed by atoms with E-state index in [9.17, 15) is 0 Å². The summed E-state index contributed by atoms with van der Waals surface area (Å²) in [6, 6.07) is 5.55. The molecule has 2 rings (SSSR count). The number of nitrogens with zero attached hydrogens (tertiary/aromatic N) is 2. The number of hydrogen-bond donors (Lipinski definition) is 1. The molecule has 0 saturated carbocycles. The van der Waals surface area contributed by atoms with Gasteiger partial charge in [0, 0.05) is 37.5 Å². The molecule has 0 saturated heterocycles. The number of aliphatic hydroxyl groups excluding tert-OH is 1. The van der Waals surface area contributed by atoms with Crippen molar-refractivity contribution < 1.29 is 9.84 Å². The van der Waals surface area contributed by atoms with E-state index in [1.165, 1.54) is 0 Å². The summed E-state index contributed by atoms with van der Waals surface area (Å²) in [7, 11) is 3.51. The average Bonchev–Trinajstić information content (AvgIpc) is 2.72. The maximum absolute atomic E-state index is 8.96. The topological polar surface area (TPSA) is 47.3 Å². The molecule has 0 aliphatic carbocycles. The maximum atomic E-state index is 8.96. The number of aliphatic hydroxyl groups is 1. The van der Waals surface area contributed by atoms with Gasteiger partial charge in [0.2, 0.25) is 0 Å². The first kappa shape index (κ1) is 12.9. The summed E-state index contributed by atoms with van der Waals surface area (Å²) in [6.07, 6.45) is 2.36. The number of hydrogen-bond acceptors (Lipinski definition) is 3. The molecule has 1 N–H and O–H groups in total. The summed E-state index contributed by atoms with van der Waals surface area (Å²) in [5.74, 6) is 1.47. The predicted molar refractivity (Wildman–Crippen MR) is 71.0 cm³/mol. The Morgan fingerprint density at radius 1 is 1.44 bits per heavy atom. The van der Waals surface area contributed by atoms with Crippen molar-refractivity contribution in [3.05, 3.63) is 35.1 Å². The molecule has 0 bridgehead atoms. The third kappa shape index (κ3) is 2.35. The van der Waals surface area contributed by atoms with Gasteiger partial charge in [-0.25, -0.2) is 4.98 Å². The minimum absolute atomic E-state index is 0.113. The third-order valence-electron chi connectivity index (χ3n) is 2.86. The van der Waals surface area contributed by atoms with E-state index < -0.39 is 0 Å². The Balaban J connectivity index is 2.39. The van der Waals surface area contributed by atoms with Crippen LogP contribution in [0.15, 0.2) is 24.4 Å². The molecule has 0 aliphatic heterocycles. The van der Waals surface area contributed by atoms with E-state index in [0.717, 1.165) is 17.1 Å². The van der Waals surface area contributed by atoms with Crippen molar-refractivity contribution >= 4 is 11.6 Å². The third-order valence-corrected chi connectivity index (χ3v) is 3.16. The van der Waals surface area contributed by atoms with Crippen molar-refractivity contribution in [1.29, 1.82) is 0 Å². The summed E-state index contributed by atoms with van der Waals surface area (Å²) in [4.78, 5) is 4.35. The van der Waals surface area contributed by atoms with Gasteiger partial charge in [0.05, 0.1) is 12.1 Å². The van der Waals surface area contributed by atoms with Crippen LogP contribution in [0.3, 0.4) is 0 Å². The van der Waals surface area contributed by atoms with Crippen LogP contribution in [0.4, 0.5) is 0 Å². The highest BCUT2D eigenvalue weighted by molar-refractivity contribution is 6.32. The number of imidazole rings is 1. The maximum Gasteiger partial charge on any atom is 0.139 e. The van der Waals surface area contributed by atoms with Crippen molar-refractivity contribution in [3.8, 4) is 17.1 Å². The first-order chi connectivity index (χ1) is 8.67. The zero-order chi connectivity index (χ0) is 13.1. The molecule has 0 atom stereocenters. The van der Waals surface area contributed by atoms with Crippen LogP contribution >= 0.6 is 11.6 Å². The molecule has 1 heterocycles. The molecule has 5 heteroatoms. The molecular formula is C13H15ClN2O2. The van der Waals surface area contributed by atoms with Gasteiger partial charge in [-0.1, -0.05) is 11.6 Å². The Kier molecular flexibility index (Phi) is 3.89. The van der Waals surface area contributed by atoms with E-state index in [2.05, 4.69) is 4.98 Å². The number of ether oxygens (including phenoxy) is 1. The fourth-order valence-corrected chi connectivity index (χ4v) is 2.12.